The van der Waals surface area contributed by atoms with Crippen LogP contribution in [0.25, 0.3) is 11.3 Å². The largest absolute Gasteiger partial charge is 0.369 e. The molecule has 0 aliphatic heterocycles. The highest BCUT2D eigenvalue weighted by molar-refractivity contribution is 6.36. The molecule has 0 aliphatic rings. The van der Waals surface area contributed by atoms with E-state index in [9.17, 15) is 4.79 Å². The Morgan fingerprint density at radius 3 is 2.30 bits per heavy atom. The molecule has 0 fully saturated rings. The molecule has 0 bridgehead atoms. The molecule has 7 heteroatoms. The van der Waals surface area contributed by atoms with Crippen molar-refractivity contribution < 1.29 is 4.79 Å². The maximum atomic E-state index is 12.5. The molecule has 0 spiro atoms. The molecular weight excluding hydrogens is 441 g/mol. The van der Waals surface area contributed by atoms with Gasteiger partial charge < -0.3 is 11.5 Å². The zero-order valence-electron chi connectivity index (χ0n) is 16.5. The summed E-state index contributed by atoms with van der Waals surface area (Å²) in [4.78, 5) is 17.3. The summed E-state index contributed by atoms with van der Waals surface area (Å²) in [7, 11) is 0. The van der Waals surface area contributed by atoms with Gasteiger partial charge in [0.05, 0.1) is 11.4 Å². The highest BCUT2D eigenvalue weighted by atomic mass is 35.5. The average Bonchev–Trinajstić information content (AvgIpc) is 2.70. The van der Waals surface area contributed by atoms with Crippen LogP contribution in [0.5, 0.6) is 0 Å². The van der Waals surface area contributed by atoms with Crippen LogP contribution in [-0.2, 0) is 11.2 Å². The number of hydrogen-bond acceptors (Lipinski definition) is 3. The van der Waals surface area contributed by atoms with Gasteiger partial charge >= 0.3 is 0 Å². The Hall–Kier alpha value is -2.11. The fourth-order valence-electron chi connectivity index (χ4n) is 3.45. The van der Waals surface area contributed by atoms with E-state index in [4.69, 9.17) is 51.3 Å². The second-order valence-electron chi connectivity index (χ2n) is 7.06. The smallest absolute Gasteiger partial charge is 0.231 e. The van der Waals surface area contributed by atoms with Crippen molar-refractivity contribution >= 4 is 40.7 Å². The fraction of sp³-hybridized carbons (Fsp3) is 0.217. The third-order valence-corrected chi connectivity index (χ3v) is 6.06. The first-order valence-corrected chi connectivity index (χ1v) is 10.7. The van der Waals surface area contributed by atoms with Crippen molar-refractivity contribution in [3.05, 3.63) is 86.0 Å². The summed E-state index contributed by atoms with van der Waals surface area (Å²) in [5, 5.41) is 1.37. The zero-order chi connectivity index (χ0) is 21.8. The first-order valence-electron chi connectivity index (χ1n) is 9.53. The summed E-state index contributed by atoms with van der Waals surface area (Å²) < 4.78 is 0. The zero-order valence-corrected chi connectivity index (χ0v) is 18.7. The van der Waals surface area contributed by atoms with Crippen molar-refractivity contribution in [3.8, 4) is 11.3 Å². The van der Waals surface area contributed by atoms with E-state index >= 15 is 0 Å². The van der Waals surface area contributed by atoms with Gasteiger partial charge in [0.1, 0.15) is 5.92 Å². The predicted molar refractivity (Wildman–Crippen MR) is 124 cm³/mol. The molecule has 3 rings (SSSR count). The number of amides is 1. The second kappa shape index (κ2) is 9.80. The van der Waals surface area contributed by atoms with Gasteiger partial charge in [-0.3, -0.25) is 9.78 Å². The van der Waals surface area contributed by atoms with E-state index in [1.54, 1.807) is 18.2 Å². The molecular formula is C23H22Cl3N3O. The first kappa shape index (κ1) is 22.6. The van der Waals surface area contributed by atoms with Crippen molar-refractivity contribution in [2.75, 3.05) is 6.54 Å². The first-order chi connectivity index (χ1) is 14.3. The number of nitrogens with zero attached hydrogens (tertiary/aromatic N) is 1. The van der Waals surface area contributed by atoms with Gasteiger partial charge in [-0.25, -0.2) is 0 Å². The van der Waals surface area contributed by atoms with Crippen molar-refractivity contribution in [3.63, 3.8) is 0 Å². The number of aromatic nitrogens is 1. The SMILES string of the molecule is Cc1c(Cl)cccc1-c1cc(CCCN)cc(C(C(N)=O)c2c(Cl)cccc2Cl)n1. The Morgan fingerprint density at radius 2 is 1.67 bits per heavy atom. The van der Waals surface area contributed by atoms with Gasteiger partial charge in [0, 0.05) is 26.2 Å². The molecule has 1 heterocycles. The van der Waals surface area contributed by atoms with Crippen LogP contribution < -0.4 is 11.5 Å². The molecule has 1 aromatic heterocycles. The molecule has 4 N–H and O–H groups in total. The number of aryl methyl sites for hydroxylation is 1. The highest BCUT2D eigenvalue weighted by Crippen LogP contribution is 2.37. The third kappa shape index (κ3) is 4.79. The molecule has 1 amide bonds. The molecule has 1 atom stereocenters. The van der Waals surface area contributed by atoms with E-state index in [-0.39, 0.29) is 0 Å². The topological polar surface area (TPSA) is 82.0 Å². The molecule has 2 aromatic carbocycles. The molecule has 1 unspecified atom stereocenters. The Balaban J connectivity index is 2.24. The summed E-state index contributed by atoms with van der Waals surface area (Å²) in [5.74, 6) is -1.47. The number of rotatable bonds is 7. The lowest BCUT2D eigenvalue weighted by Crippen LogP contribution is -2.24. The molecule has 0 radical (unpaired) electrons. The lowest BCUT2D eigenvalue weighted by atomic mass is 9.91. The fourth-order valence-corrected chi connectivity index (χ4v) is 4.24. The predicted octanol–water partition coefficient (Wildman–Crippen LogP) is 5.53. The monoisotopic (exact) mass is 461 g/mol. The highest BCUT2D eigenvalue weighted by Gasteiger charge is 2.27. The van der Waals surface area contributed by atoms with Crippen LogP contribution in [-0.4, -0.2) is 17.4 Å². The van der Waals surface area contributed by atoms with Gasteiger partial charge in [0.2, 0.25) is 5.91 Å². The van der Waals surface area contributed by atoms with Crippen molar-refractivity contribution in [2.24, 2.45) is 11.5 Å². The molecule has 3 aromatic rings. The molecule has 0 aliphatic carbocycles. The Labute approximate surface area is 191 Å². The van der Waals surface area contributed by atoms with Gasteiger partial charge in [-0.15, -0.1) is 0 Å². The van der Waals surface area contributed by atoms with Gasteiger partial charge in [0.25, 0.3) is 0 Å². The van der Waals surface area contributed by atoms with E-state index in [0.717, 1.165) is 29.5 Å². The van der Waals surface area contributed by atoms with E-state index in [1.807, 2.05) is 37.3 Å². The van der Waals surface area contributed by atoms with Gasteiger partial charge in [-0.1, -0.05) is 53.0 Å². The summed E-state index contributed by atoms with van der Waals surface area (Å²) in [6.45, 7) is 2.49. The lowest BCUT2D eigenvalue weighted by Gasteiger charge is -2.19. The third-order valence-electron chi connectivity index (χ3n) is 4.99. The van der Waals surface area contributed by atoms with E-state index in [0.29, 0.717) is 38.6 Å². The van der Waals surface area contributed by atoms with E-state index in [2.05, 4.69) is 0 Å². The number of carbonyl (C=O) groups excluding carboxylic acids is 1. The van der Waals surface area contributed by atoms with E-state index in [1.165, 1.54) is 0 Å². The van der Waals surface area contributed by atoms with Crippen LogP contribution in [0.1, 0.15) is 34.7 Å². The number of hydrogen-bond donors (Lipinski definition) is 2. The number of benzene rings is 2. The van der Waals surface area contributed by atoms with Gasteiger partial charge in [-0.2, -0.15) is 0 Å². The Morgan fingerprint density at radius 1 is 1.03 bits per heavy atom. The van der Waals surface area contributed by atoms with Crippen molar-refractivity contribution in [2.45, 2.75) is 25.7 Å². The molecule has 0 saturated heterocycles. The van der Waals surface area contributed by atoms with E-state index < -0.39 is 11.8 Å². The lowest BCUT2D eigenvalue weighted by molar-refractivity contribution is -0.118. The minimum atomic E-state index is -0.887. The minimum absolute atomic E-state index is 0.362. The van der Waals surface area contributed by atoms with Crippen LogP contribution in [0.15, 0.2) is 48.5 Å². The average molecular weight is 463 g/mol. The van der Waals surface area contributed by atoms with Crippen LogP contribution >= 0.6 is 34.8 Å². The van der Waals surface area contributed by atoms with Crippen LogP contribution in [0.2, 0.25) is 15.1 Å². The van der Waals surface area contributed by atoms with Crippen molar-refractivity contribution in [1.82, 2.24) is 4.98 Å². The molecule has 0 saturated carbocycles. The van der Waals surface area contributed by atoms with Gasteiger partial charge in [-0.05, 0) is 67.8 Å². The van der Waals surface area contributed by atoms with Crippen LogP contribution in [0.4, 0.5) is 0 Å². The summed E-state index contributed by atoms with van der Waals surface area (Å²) in [6, 6.07) is 14.6. The normalized spacial score (nSPS) is 12.0. The van der Waals surface area contributed by atoms with Gasteiger partial charge in [0.15, 0.2) is 0 Å². The maximum absolute atomic E-state index is 12.5. The Kier molecular flexibility index (Phi) is 7.37. The molecule has 156 valence electrons. The summed E-state index contributed by atoms with van der Waals surface area (Å²) in [6.07, 6.45) is 1.53. The summed E-state index contributed by atoms with van der Waals surface area (Å²) >= 11 is 19.1. The standard InChI is InChI=1S/C23H22Cl3N3O/c1-13-15(6-2-7-16(13)24)19-11-14(5-4-10-27)12-20(29-19)22(23(28)30)21-17(25)8-3-9-18(21)26/h2-3,6-9,11-12,22H,4-5,10,27H2,1H3,(H2,28,30). The molecule has 30 heavy (non-hydrogen) atoms. The van der Waals surface area contributed by atoms with Crippen molar-refractivity contribution in [1.29, 1.82) is 0 Å². The Bertz CT molecular complexity index is 1070. The minimum Gasteiger partial charge on any atom is -0.369 e. The number of primary amides is 1. The number of pyridine rings is 1. The number of halogens is 3. The van der Waals surface area contributed by atoms with Crippen LogP contribution in [0, 0.1) is 6.92 Å². The second-order valence-corrected chi connectivity index (χ2v) is 8.28. The summed E-state index contributed by atoms with van der Waals surface area (Å²) in [5.41, 5.74) is 15.9. The number of carbonyl (C=O) groups is 1. The maximum Gasteiger partial charge on any atom is 0.231 e. The number of nitrogens with two attached hydrogens (primary N) is 2. The molecule has 4 nitrogen and oxygen atoms in total. The van der Waals surface area contributed by atoms with Crippen LogP contribution in [0.3, 0.4) is 0 Å². The quantitative estimate of drug-likeness (QED) is 0.484.